The Labute approximate surface area is 114 Å². The molecule has 0 unspecified atom stereocenters. The molecule has 4 nitrogen and oxygen atoms in total. The van der Waals surface area contributed by atoms with Crippen LogP contribution in [0, 0.1) is 18.3 Å². The Hall–Kier alpha value is -2.68. The zero-order valence-electron chi connectivity index (χ0n) is 10.6. The van der Waals surface area contributed by atoms with Crippen LogP contribution in [0.2, 0.25) is 0 Å². The van der Waals surface area contributed by atoms with E-state index in [1.54, 1.807) is 31.2 Å². The highest BCUT2D eigenvalue weighted by molar-refractivity contribution is 5.65. The first-order valence-corrected chi connectivity index (χ1v) is 5.78. The Morgan fingerprint density at radius 3 is 2.75 bits per heavy atom. The number of halogens is 2. The highest BCUT2D eigenvalue weighted by Crippen LogP contribution is 2.28. The first-order chi connectivity index (χ1) is 9.58. The molecular weight excluding hydrogens is 264 g/mol. The highest BCUT2D eigenvalue weighted by Gasteiger charge is 2.10. The molecule has 0 aliphatic heterocycles. The fraction of sp³-hybridized carbons (Fsp3) is 0.143. The lowest BCUT2D eigenvalue weighted by molar-refractivity contribution is -0.0493. The summed E-state index contributed by atoms with van der Waals surface area (Å²) in [6, 6.07) is 11.5. The molecule has 0 aliphatic rings. The summed E-state index contributed by atoms with van der Waals surface area (Å²) in [7, 11) is 0. The van der Waals surface area contributed by atoms with Crippen LogP contribution < -0.4 is 10.1 Å². The number of alkyl halides is 2. The predicted octanol–water partition coefficient (Wildman–Crippen LogP) is 3.61. The largest absolute Gasteiger partial charge is 0.433 e. The second-order valence-corrected chi connectivity index (χ2v) is 3.99. The Morgan fingerprint density at radius 2 is 2.05 bits per heavy atom. The van der Waals surface area contributed by atoms with Gasteiger partial charge in [0.15, 0.2) is 0 Å². The van der Waals surface area contributed by atoms with Crippen molar-refractivity contribution in [3.63, 3.8) is 0 Å². The number of nitrogens with zero attached hydrogens (tertiary/aromatic N) is 2. The third-order valence-corrected chi connectivity index (χ3v) is 2.45. The van der Waals surface area contributed by atoms with Gasteiger partial charge in [-0.05, 0) is 31.2 Å². The van der Waals surface area contributed by atoms with Crippen LogP contribution in [0.5, 0.6) is 5.75 Å². The molecule has 2 aromatic rings. The number of benzene rings is 1. The highest BCUT2D eigenvalue weighted by atomic mass is 19.3. The third-order valence-electron chi connectivity index (χ3n) is 2.45. The number of rotatable bonds is 4. The van der Waals surface area contributed by atoms with E-state index in [1.165, 1.54) is 12.1 Å². The standard InChI is InChI=1S/C14H11F2N3O/c1-9-6-10(8-17)7-13(18-9)19-11-4-2-3-5-12(11)20-14(15)16/h2-7,14H,1H3,(H,18,19). The minimum absolute atomic E-state index is 0.0179. The molecule has 1 N–H and O–H groups in total. The lowest BCUT2D eigenvalue weighted by Gasteiger charge is -2.12. The lowest BCUT2D eigenvalue weighted by atomic mass is 10.2. The van der Waals surface area contributed by atoms with Crippen molar-refractivity contribution in [3.05, 3.63) is 47.7 Å². The third kappa shape index (κ3) is 3.42. The number of para-hydroxylation sites is 2. The Balaban J connectivity index is 2.30. The number of aromatic nitrogens is 1. The summed E-state index contributed by atoms with van der Waals surface area (Å²) < 4.78 is 29.0. The quantitative estimate of drug-likeness (QED) is 0.926. The average molecular weight is 275 g/mol. The summed E-state index contributed by atoms with van der Waals surface area (Å²) in [4.78, 5) is 4.19. The fourth-order valence-corrected chi connectivity index (χ4v) is 1.70. The van der Waals surface area contributed by atoms with Crippen molar-refractivity contribution in [2.24, 2.45) is 0 Å². The molecule has 6 heteroatoms. The van der Waals surface area contributed by atoms with Crippen molar-refractivity contribution < 1.29 is 13.5 Å². The number of aryl methyl sites for hydroxylation is 1. The van der Waals surface area contributed by atoms with Gasteiger partial charge in [0.25, 0.3) is 0 Å². The van der Waals surface area contributed by atoms with E-state index < -0.39 is 6.61 Å². The van der Waals surface area contributed by atoms with Gasteiger partial charge in [0.2, 0.25) is 0 Å². The van der Waals surface area contributed by atoms with Crippen molar-refractivity contribution in [3.8, 4) is 11.8 Å². The van der Waals surface area contributed by atoms with E-state index in [0.29, 0.717) is 22.8 Å². The van der Waals surface area contributed by atoms with Gasteiger partial charge in [-0.25, -0.2) is 4.98 Å². The minimum atomic E-state index is -2.90. The maximum absolute atomic E-state index is 12.3. The number of hydrogen-bond donors (Lipinski definition) is 1. The average Bonchev–Trinajstić information content (AvgIpc) is 2.39. The van der Waals surface area contributed by atoms with Gasteiger partial charge in [0, 0.05) is 5.69 Å². The van der Waals surface area contributed by atoms with E-state index in [2.05, 4.69) is 15.0 Å². The summed E-state index contributed by atoms with van der Waals surface area (Å²) >= 11 is 0. The summed E-state index contributed by atoms with van der Waals surface area (Å²) in [6.45, 7) is -1.16. The van der Waals surface area contributed by atoms with Crippen LogP contribution in [-0.4, -0.2) is 11.6 Å². The number of pyridine rings is 1. The van der Waals surface area contributed by atoms with Crippen LogP contribution in [0.1, 0.15) is 11.3 Å². The first-order valence-electron chi connectivity index (χ1n) is 5.78. The predicted molar refractivity (Wildman–Crippen MR) is 70.0 cm³/mol. The molecule has 0 bridgehead atoms. The van der Waals surface area contributed by atoms with Crippen LogP contribution >= 0.6 is 0 Å². The maximum atomic E-state index is 12.3. The minimum Gasteiger partial charge on any atom is -0.433 e. The van der Waals surface area contributed by atoms with Crippen molar-refractivity contribution in [1.82, 2.24) is 4.98 Å². The van der Waals surface area contributed by atoms with Crippen LogP contribution in [0.25, 0.3) is 0 Å². The second kappa shape index (κ2) is 5.97. The van der Waals surface area contributed by atoms with Gasteiger partial charge in [-0.1, -0.05) is 12.1 Å². The van der Waals surface area contributed by atoms with Crippen molar-refractivity contribution in [1.29, 1.82) is 5.26 Å². The number of nitriles is 1. The van der Waals surface area contributed by atoms with E-state index in [-0.39, 0.29) is 5.75 Å². The number of hydrogen-bond acceptors (Lipinski definition) is 4. The Morgan fingerprint density at radius 1 is 1.30 bits per heavy atom. The number of nitrogens with one attached hydrogen (secondary N) is 1. The molecule has 1 aromatic heterocycles. The molecule has 0 saturated carbocycles. The normalized spacial score (nSPS) is 10.2. The zero-order chi connectivity index (χ0) is 14.5. The topological polar surface area (TPSA) is 57.9 Å². The van der Waals surface area contributed by atoms with E-state index in [9.17, 15) is 8.78 Å². The Bertz CT molecular complexity index is 653. The molecule has 0 amide bonds. The summed E-state index contributed by atoms with van der Waals surface area (Å²) in [6.07, 6.45) is 0. The van der Waals surface area contributed by atoms with Gasteiger partial charge < -0.3 is 10.1 Å². The molecular formula is C14H11F2N3O. The van der Waals surface area contributed by atoms with E-state index in [0.717, 1.165) is 0 Å². The zero-order valence-corrected chi connectivity index (χ0v) is 10.6. The van der Waals surface area contributed by atoms with Crippen LogP contribution in [0.15, 0.2) is 36.4 Å². The lowest BCUT2D eigenvalue weighted by Crippen LogP contribution is -2.05. The van der Waals surface area contributed by atoms with Crippen molar-refractivity contribution in [2.45, 2.75) is 13.5 Å². The molecule has 20 heavy (non-hydrogen) atoms. The first kappa shape index (κ1) is 13.7. The number of anilines is 2. The van der Waals surface area contributed by atoms with Crippen molar-refractivity contribution in [2.75, 3.05) is 5.32 Å². The van der Waals surface area contributed by atoms with Crippen LogP contribution in [0.4, 0.5) is 20.3 Å². The SMILES string of the molecule is Cc1cc(C#N)cc(Nc2ccccc2OC(F)F)n1. The molecule has 102 valence electrons. The van der Waals surface area contributed by atoms with Crippen molar-refractivity contribution >= 4 is 11.5 Å². The fourth-order valence-electron chi connectivity index (χ4n) is 1.70. The van der Waals surface area contributed by atoms with E-state index >= 15 is 0 Å². The second-order valence-electron chi connectivity index (χ2n) is 3.99. The summed E-state index contributed by atoms with van der Waals surface area (Å²) in [5.41, 5.74) is 1.45. The maximum Gasteiger partial charge on any atom is 0.387 e. The molecule has 0 saturated heterocycles. The monoisotopic (exact) mass is 275 g/mol. The van der Waals surface area contributed by atoms with E-state index in [4.69, 9.17) is 5.26 Å². The van der Waals surface area contributed by atoms with Gasteiger partial charge >= 0.3 is 6.61 Å². The molecule has 1 aromatic carbocycles. The molecule has 2 rings (SSSR count). The molecule has 0 atom stereocenters. The van der Waals surface area contributed by atoms with Gasteiger partial charge in [-0.15, -0.1) is 0 Å². The summed E-state index contributed by atoms with van der Waals surface area (Å²) in [5, 5.41) is 11.8. The van der Waals surface area contributed by atoms with Gasteiger partial charge in [-0.2, -0.15) is 14.0 Å². The summed E-state index contributed by atoms with van der Waals surface area (Å²) in [5.74, 6) is 0.413. The molecule has 0 aliphatic carbocycles. The van der Waals surface area contributed by atoms with Crippen LogP contribution in [0.3, 0.4) is 0 Å². The molecule has 0 radical (unpaired) electrons. The van der Waals surface area contributed by atoms with Gasteiger partial charge in [-0.3, -0.25) is 0 Å². The molecule has 0 spiro atoms. The molecule has 0 fully saturated rings. The smallest absolute Gasteiger partial charge is 0.387 e. The van der Waals surface area contributed by atoms with Crippen LogP contribution in [-0.2, 0) is 0 Å². The van der Waals surface area contributed by atoms with E-state index in [1.807, 2.05) is 6.07 Å². The van der Waals surface area contributed by atoms with Gasteiger partial charge in [0.1, 0.15) is 11.6 Å². The number of ether oxygens (including phenoxy) is 1. The Kier molecular flexibility index (Phi) is 4.11. The van der Waals surface area contributed by atoms with Gasteiger partial charge in [0.05, 0.1) is 17.3 Å². The molecule has 1 heterocycles.